The van der Waals surface area contributed by atoms with Gasteiger partial charge in [-0.05, 0) is 24.0 Å². The summed E-state index contributed by atoms with van der Waals surface area (Å²) in [6.07, 6.45) is 0.856. The predicted octanol–water partition coefficient (Wildman–Crippen LogP) is 4.94. The molecule has 102 valence electrons. The standard InChI is InChI=1S/C16H21NOS/c1-15(2,3)10-16(4,5)13(18)14-17-11-8-6-7-9-12(11)19-14/h6-9H,10H2,1-5H3. The summed E-state index contributed by atoms with van der Waals surface area (Å²) in [6.45, 7) is 10.5. The van der Waals surface area contributed by atoms with Crippen LogP contribution in [0.2, 0.25) is 0 Å². The van der Waals surface area contributed by atoms with E-state index in [1.165, 1.54) is 11.3 Å². The molecule has 0 aliphatic heterocycles. The molecule has 0 saturated heterocycles. The van der Waals surface area contributed by atoms with Gasteiger partial charge >= 0.3 is 0 Å². The van der Waals surface area contributed by atoms with E-state index in [0.717, 1.165) is 16.6 Å². The van der Waals surface area contributed by atoms with Crippen LogP contribution in [0.3, 0.4) is 0 Å². The fraction of sp³-hybridized carbons (Fsp3) is 0.500. The minimum Gasteiger partial charge on any atom is -0.291 e. The van der Waals surface area contributed by atoms with Crippen LogP contribution >= 0.6 is 11.3 Å². The Morgan fingerprint density at radius 1 is 1.16 bits per heavy atom. The number of benzene rings is 1. The largest absolute Gasteiger partial charge is 0.291 e. The summed E-state index contributed by atoms with van der Waals surface area (Å²) in [5.41, 5.74) is 0.685. The maximum absolute atomic E-state index is 12.7. The highest BCUT2D eigenvalue weighted by Crippen LogP contribution is 2.37. The first-order valence-corrected chi connectivity index (χ1v) is 7.41. The van der Waals surface area contributed by atoms with Crippen LogP contribution in [0.25, 0.3) is 10.2 Å². The summed E-state index contributed by atoms with van der Waals surface area (Å²) in [5.74, 6) is 0.156. The number of hydrogen-bond acceptors (Lipinski definition) is 3. The number of carbonyl (C=O) groups excluding carboxylic acids is 1. The number of hydrogen-bond donors (Lipinski definition) is 0. The van der Waals surface area contributed by atoms with Gasteiger partial charge in [-0.1, -0.05) is 46.8 Å². The third-order valence-corrected chi connectivity index (χ3v) is 4.11. The molecule has 0 bridgehead atoms. The smallest absolute Gasteiger partial charge is 0.196 e. The molecule has 2 rings (SSSR count). The van der Waals surface area contributed by atoms with Gasteiger partial charge in [0.15, 0.2) is 10.8 Å². The summed E-state index contributed by atoms with van der Waals surface area (Å²) in [7, 11) is 0. The normalized spacial score (nSPS) is 12.9. The zero-order chi connectivity index (χ0) is 14.3. The molecule has 3 heteroatoms. The van der Waals surface area contributed by atoms with Gasteiger partial charge in [0.25, 0.3) is 0 Å². The molecule has 0 aliphatic rings. The lowest BCUT2D eigenvalue weighted by Gasteiger charge is -2.30. The topological polar surface area (TPSA) is 30.0 Å². The molecule has 0 aliphatic carbocycles. The fourth-order valence-electron chi connectivity index (χ4n) is 2.66. The number of thiazole rings is 1. The van der Waals surface area contributed by atoms with Crippen molar-refractivity contribution < 1.29 is 4.79 Å². The van der Waals surface area contributed by atoms with E-state index in [1.807, 2.05) is 38.1 Å². The van der Waals surface area contributed by atoms with Gasteiger partial charge < -0.3 is 0 Å². The van der Waals surface area contributed by atoms with E-state index in [9.17, 15) is 4.79 Å². The lowest BCUT2D eigenvalue weighted by molar-refractivity contribution is 0.0770. The van der Waals surface area contributed by atoms with Crippen LogP contribution in [0.4, 0.5) is 0 Å². The Balaban J connectivity index is 2.33. The minimum absolute atomic E-state index is 0.135. The Labute approximate surface area is 118 Å². The number of fused-ring (bicyclic) bond motifs is 1. The van der Waals surface area contributed by atoms with Gasteiger partial charge in [0.1, 0.15) is 0 Å². The number of carbonyl (C=O) groups is 1. The molecule has 0 N–H and O–H groups in total. The molecular weight excluding hydrogens is 254 g/mol. The highest BCUT2D eigenvalue weighted by molar-refractivity contribution is 7.20. The van der Waals surface area contributed by atoms with Crippen molar-refractivity contribution in [3.63, 3.8) is 0 Å². The molecule has 1 heterocycles. The zero-order valence-corrected chi connectivity index (χ0v) is 13.1. The molecule has 19 heavy (non-hydrogen) atoms. The molecular formula is C16H21NOS. The molecule has 2 nitrogen and oxygen atoms in total. The van der Waals surface area contributed by atoms with Crippen LogP contribution in [-0.4, -0.2) is 10.8 Å². The number of nitrogens with zero attached hydrogens (tertiary/aromatic N) is 1. The van der Waals surface area contributed by atoms with Gasteiger partial charge in [0, 0.05) is 5.41 Å². The molecule has 0 saturated carbocycles. The van der Waals surface area contributed by atoms with Crippen molar-refractivity contribution in [1.29, 1.82) is 0 Å². The summed E-state index contributed by atoms with van der Waals surface area (Å²) in [6, 6.07) is 7.91. The van der Waals surface area contributed by atoms with E-state index in [-0.39, 0.29) is 16.6 Å². The van der Waals surface area contributed by atoms with E-state index < -0.39 is 0 Å². The zero-order valence-electron chi connectivity index (χ0n) is 12.3. The second kappa shape index (κ2) is 4.71. The summed E-state index contributed by atoms with van der Waals surface area (Å²) >= 11 is 1.50. The second-order valence-corrected chi connectivity index (χ2v) is 7.97. The van der Waals surface area contributed by atoms with Gasteiger partial charge in [-0.25, -0.2) is 4.98 Å². The van der Waals surface area contributed by atoms with Crippen LogP contribution in [-0.2, 0) is 0 Å². The van der Waals surface area contributed by atoms with Crippen LogP contribution in [0.5, 0.6) is 0 Å². The maximum atomic E-state index is 12.7. The molecule has 1 aromatic heterocycles. The van der Waals surface area contributed by atoms with Gasteiger partial charge in [0.2, 0.25) is 0 Å². The van der Waals surface area contributed by atoms with Crippen molar-refractivity contribution in [3.05, 3.63) is 29.3 Å². The van der Waals surface area contributed by atoms with Crippen LogP contribution in [0, 0.1) is 10.8 Å². The second-order valence-electron chi connectivity index (χ2n) is 6.94. The Hall–Kier alpha value is -1.22. The lowest BCUT2D eigenvalue weighted by Crippen LogP contribution is -2.29. The monoisotopic (exact) mass is 275 g/mol. The molecule has 0 atom stereocenters. The van der Waals surface area contributed by atoms with Crippen molar-refractivity contribution in [2.45, 2.75) is 41.0 Å². The van der Waals surface area contributed by atoms with E-state index in [1.54, 1.807) is 0 Å². The van der Waals surface area contributed by atoms with Crippen molar-refractivity contribution in [1.82, 2.24) is 4.98 Å². The lowest BCUT2D eigenvalue weighted by atomic mass is 9.74. The Bertz CT molecular complexity index is 571. The molecule has 0 spiro atoms. The highest BCUT2D eigenvalue weighted by Gasteiger charge is 2.34. The van der Waals surface area contributed by atoms with Crippen LogP contribution in [0.15, 0.2) is 24.3 Å². The summed E-state index contributed by atoms with van der Waals surface area (Å²) in [5, 5.41) is 0.635. The van der Waals surface area contributed by atoms with Gasteiger partial charge in [-0.2, -0.15) is 0 Å². The van der Waals surface area contributed by atoms with Crippen molar-refractivity contribution in [3.8, 4) is 0 Å². The number of aromatic nitrogens is 1. The minimum atomic E-state index is -0.369. The quantitative estimate of drug-likeness (QED) is 0.742. The first-order valence-electron chi connectivity index (χ1n) is 6.59. The van der Waals surface area contributed by atoms with Gasteiger partial charge in [-0.3, -0.25) is 4.79 Å². The van der Waals surface area contributed by atoms with Gasteiger partial charge in [0.05, 0.1) is 10.2 Å². The fourth-order valence-corrected chi connectivity index (χ4v) is 3.75. The van der Waals surface area contributed by atoms with Crippen LogP contribution < -0.4 is 0 Å². The molecule has 1 aromatic carbocycles. The van der Waals surface area contributed by atoms with E-state index in [4.69, 9.17) is 0 Å². The Kier molecular flexibility index (Phi) is 3.52. The molecule has 0 radical (unpaired) electrons. The highest BCUT2D eigenvalue weighted by atomic mass is 32.1. The third-order valence-electron chi connectivity index (χ3n) is 3.08. The van der Waals surface area contributed by atoms with Crippen molar-refractivity contribution in [2.75, 3.05) is 0 Å². The van der Waals surface area contributed by atoms with Crippen molar-refractivity contribution >= 4 is 27.3 Å². The SMILES string of the molecule is CC(C)(C)CC(C)(C)C(=O)c1nc2ccccc2s1. The number of para-hydroxylation sites is 1. The average Bonchev–Trinajstić information content (AvgIpc) is 2.67. The molecule has 0 amide bonds. The maximum Gasteiger partial charge on any atom is 0.196 e. The number of Topliss-reactive ketones (excluding diaryl/α,β-unsaturated/α-hetero) is 1. The molecule has 0 fully saturated rings. The van der Waals surface area contributed by atoms with Gasteiger partial charge in [-0.15, -0.1) is 11.3 Å². The molecule has 2 aromatic rings. The van der Waals surface area contributed by atoms with Crippen LogP contribution in [0.1, 0.15) is 50.8 Å². The number of rotatable bonds is 3. The summed E-state index contributed by atoms with van der Waals surface area (Å²) < 4.78 is 1.08. The van der Waals surface area contributed by atoms with E-state index >= 15 is 0 Å². The first kappa shape index (κ1) is 14.2. The van der Waals surface area contributed by atoms with E-state index in [0.29, 0.717) is 5.01 Å². The Morgan fingerprint density at radius 3 is 2.37 bits per heavy atom. The van der Waals surface area contributed by atoms with E-state index in [2.05, 4.69) is 25.8 Å². The van der Waals surface area contributed by atoms with Crippen molar-refractivity contribution in [2.24, 2.45) is 10.8 Å². The summed E-state index contributed by atoms with van der Waals surface area (Å²) in [4.78, 5) is 17.1. The Morgan fingerprint density at radius 2 is 1.79 bits per heavy atom. The first-order chi connectivity index (χ1) is 8.69. The molecule has 0 unspecified atom stereocenters. The third kappa shape index (κ3) is 3.21. The number of ketones is 1. The predicted molar refractivity (Wildman–Crippen MR) is 81.8 cm³/mol. The average molecular weight is 275 g/mol.